The van der Waals surface area contributed by atoms with Gasteiger partial charge in [-0.25, -0.2) is 5.01 Å². The monoisotopic (exact) mass is 475 g/mol. The molecule has 6 nitrogen and oxygen atoms in total. The zero-order valence-electron chi connectivity index (χ0n) is 16.6. The van der Waals surface area contributed by atoms with Gasteiger partial charge in [0.05, 0.1) is 30.1 Å². The van der Waals surface area contributed by atoms with Crippen LogP contribution in [-0.2, 0) is 10.5 Å². The van der Waals surface area contributed by atoms with E-state index in [1.165, 1.54) is 0 Å². The Balaban J connectivity index is 1.54. The minimum atomic E-state index is -1.35. The third-order valence-corrected chi connectivity index (χ3v) is 6.59. The Bertz CT molecular complexity index is 1260. The molecule has 7 heteroatoms. The Hall–Kier alpha value is -3.32. The van der Waals surface area contributed by atoms with Gasteiger partial charge in [-0.3, -0.25) is 4.79 Å². The highest BCUT2D eigenvalue weighted by atomic mass is 79.9. The van der Waals surface area contributed by atoms with Crippen LogP contribution in [0.1, 0.15) is 29.2 Å². The summed E-state index contributed by atoms with van der Waals surface area (Å²) in [6, 6.07) is 21.3. The van der Waals surface area contributed by atoms with Gasteiger partial charge in [-0.05, 0) is 54.1 Å². The van der Waals surface area contributed by atoms with Crippen LogP contribution in [0.15, 0.2) is 76.3 Å². The van der Waals surface area contributed by atoms with Crippen LogP contribution >= 0.6 is 15.9 Å². The van der Waals surface area contributed by atoms with Crippen LogP contribution in [0.3, 0.4) is 0 Å². The van der Waals surface area contributed by atoms with Crippen LogP contribution in [0.25, 0.3) is 0 Å². The van der Waals surface area contributed by atoms with Crippen molar-refractivity contribution in [3.63, 3.8) is 0 Å². The number of carbonyl (C=O) groups is 1. The Labute approximate surface area is 187 Å². The number of methoxy groups -OCH3 is 1. The van der Waals surface area contributed by atoms with E-state index in [4.69, 9.17) is 14.6 Å². The van der Waals surface area contributed by atoms with Crippen molar-refractivity contribution in [1.29, 1.82) is 0 Å². The highest BCUT2D eigenvalue weighted by molar-refractivity contribution is 9.10. The van der Waals surface area contributed by atoms with E-state index in [2.05, 4.69) is 21.2 Å². The first-order valence-corrected chi connectivity index (χ1v) is 10.8. The molecule has 1 amide bonds. The predicted octanol–water partition coefficient (Wildman–Crippen LogP) is 4.81. The molecule has 0 saturated carbocycles. The molecule has 1 spiro atoms. The van der Waals surface area contributed by atoms with Gasteiger partial charge in [0.25, 0.3) is 5.91 Å². The molecule has 2 atom stereocenters. The number of ether oxygens (including phenoxy) is 2. The van der Waals surface area contributed by atoms with E-state index in [9.17, 15) is 4.79 Å². The molecule has 0 aromatic heterocycles. The predicted molar refractivity (Wildman–Crippen MR) is 120 cm³/mol. The average molecular weight is 476 g/mol. The molecule has 0 bridgehead atoms. The van der Waals surface area contributed by atoms with Crippen LogP contribution in [-0.4, -0.2) is 23.7 Å². The lowest BCUT2D eigenvalue weighted by Crippen LogP contribution is -2.55. The van der Waals surface area contributed by atoms with Crippen LogP contribution < -0.4 is 14.8 Å². The second-order valence-electron chi connectivity index (χ2n) is 7.77. The van der Waals surface area contributed by atoms with Crippen LogP contribution in [0.4, 0.5) is 5.69 Å². The Morgan fingerprint density at radius 3 is 2.77 bits per heavy atom. The number of amides is 1. The number of nitrogens with one attached hydrogen (secondary N) is 1. The molecule has 1 N–H and O–H groups in total. The fraction of sp³-hybridized carbons (Fsp3) is 0.167. The lowest BCUT2D eigenvalue weighted by atomic mass is 9.92. The second kappa shape index (κ2) is 6.59. The van der Waals surface area contributed by atoms with Gasteiger partial charge in [-0.2, -0.15) is 5.10 Å². The van der Waals surface area contributed by atoms with Crippen molar-refractivity contribution in [3.8, 4) is 11.5 Å². The molecular weight excluding hydrogens is 458 g/mol. The number of benzene rings is 3. The van der Waals surface area contributed by atoms with Gasteiger partial charge in [0.15, 0.2) is 0 Å². The fourth-order valence-electron chi connectivity index (χ4n) is 4.62. The van der Waals surface area contributed by atoms with Gasteiger partial charge in [-0.15, -0.1) is 0 Å². The molecule has 0 aliphatic carbocycles. The molecule has 3 heterocycles. The van der Waals surface area contributed by atoms with Gasteiger partial charge in [0.1, 0.15) is 11.5 Å². The molecule has 3 aromatic rings. The van der Waals surface area contributed by atoms with E-state index in [1.807, 2.05) is 71.7 Å². The topological polar surface area (TPSA) is 63.2 Å². The number of halogens is 1. The Kier molecular flexibility index (Phi) is 3.92. The van der Waals surface area contributed by atoms with Gasteiger partial charge in [0, 0.05) is 16.5 Å². The number of rotatable bonds is 2. The maximum Gasteiger partial charge on any atom is 0.306 e. The highest BCUT2D eigenvalue weighted by Gasteiger charge is 2.60. The molecule has 154 valence electrons. The highest BCUT2D eigenvalue weighted by Crippen LogP contribution is 2.54. The number of anilines is 1. The number of hydrazone groups is 1. The lowest BCUT2D eigenvalue weighted by molar-refractivity contribution is -0.161. The quantitative estimate of drug-likeness (QED) is 0.577. The fourth-order valence-corrected chi connectivity index (χ4v) is 4.98. The normalized spacial score (nSPS) is 22.9. The average Bonchev–Trinajstić information content (AvgIpc) is 3.35. The van der Waals surface area contributed by atoms with Crippen molar-refractivity contribution < 1.29 is 14.3 Å². The van der Waals surface area contributed by atoms with Crippen molar-refractivity contribution in [1.82, 2.24) is 5.01 Å². The molecule has 6 rings (SSSR count). The van der Waals surface area contributed by atoms with Gasteiger partial charge < -0.3 is 14.8 Å². The van der Waals surface area contributed by atoms with Crippen LogP contribution in [0.5, 0.6) is 11.5 Å². The van der Waals surface area contributed by atoms with Gasteiger partial charge in [-0.1, -0.05) is 34.1 Å². The summed E-state index contributed by atoms with van der Waals surface area (Å²) in [7, 11) is 1.65. The summed E-state index contributed by atoms with van der Waals surface area (Å²) < 4.78 is 12.6. The Morgan fingerprint density at radius 1 is 1.16 bits per heavy atom. The maximum absolute atomic E-state index is 13.4. The minimum Gasteiger partial charge on any atom is -0.497 e. The zero-order valence-corrected chi connectivity index (χ0v) is 18.2. The molecule has 0 radical (unpaired) electrons. The number of hydrogen-bond donors (Lipinski definition) is 1. The number of hydrogen-bond acceptors (Lipinski definition) is 5. The van der Waals surface area contributed by atoms with E-state index in [0.717, 1.165) is 38.3 Å². The SMILES string of the molecule is COc1ccc(C2=NN3[C@H](C2)c2ccccc2O[C@]32C(=O)Nc3ccc(Br)cc32)cc1. The van der Waals surface area contributed by atoms with Crippen molar-refractivity contribution in [3.05, 3.63) is 87.9 Å². The van der Waals surface area contributed by atoms with E-state index in [0.29, 0.717) is 12.2 Å². The number of nitrogens with zero attached hydrogens (tertiary/aromatic N) is 2. The standard InChI is InChI=1S/C24H18BrN3O3/c1-30-16-9-6-14(7-10-16)20-13-21-17-4-2-3-5-22(17)31-24(28(21)27-20)18-12-15(25)8-11-19(18)26-23(24)29/h2-12,21H,13H2,1H3,(H,26,29)/t21-,24-/m1/s1. The van der Waals surface area contributed by atoms with Crippen LogP contribution in [0, 0.1) is 0 Å². The second-order valence-corrected chi connectivity index (χ2v) is 8.68. The third kappa shape index (κ3) is 2.56. The van der Waals surface area contributed by atoms with E-state index >= 15 is 0 Å². The Morgan fingerprint density at radius 2 is 1.97 bits per heavy atom. The van der Waals surface area contributed by atoms with Crippen molar-refractivity contribution in [2.45, 2.75) is 18.2 Å². The molecule has 31 heavy (non-hydrogen) atoms. The summed E-state index contributed by atoms with van der Waals surface area (Å²) >= 11 is 3.54. The first-order chi connectivity index (χ1) is 15.1. The van der Waals surface area contributed by atoms with Crippen molar-refractivity contribution in [2.24, 2.45) is 5.10 Å². The van der Waals surface area contributed by atoms with E-state index in [1.54, 1.807) is 7.11 Å². The minimum absolute atomic E-state index is 0.113. The summed E-state index contributed by atoms with van der Waals surface area (Å²) in [5.74, 6) is 1.26. The molecule has 3 aliphatic rings. The molecule has 0 fully saturated rings. The number of fused-ring (bicyclic) bond motifs is 6. The first-order valence-electron chi connectivity index (χ1n) is 10.0. The van der Waals surface area contributed by atoms with Crippen molar-refractivity contribution in [2.75, 3.05) is 12.4 Å². The molecule has 3 aromatic carbocycles. The smallest absolute Gasteiger partial charge is 0.306 e. The third-order valence-electron chi connectivity index (χ3n) is 6.09. The van der Waals surface area contributed by atoms with Crippen LogP contribution in [0.2, 0.25) is 0 Å². The largest absolute Gasteiger partial charge is 0.497 e. The summed E-state index contributed by atoms with van der Waals surface area (Å²) in [5, 5.41) is 9.78. The number of para-hydroxylation sites is 1. The maximum atomic E-state index is 13.4. The van der Waals surface area contributed by atoms with Gasteiger partial charge >= 0.3 is 5.72 Å². The molecule has 0 saturated heterocycles. The van der Waals surface area contributed by atoms with E-state index in [-0.39, 0.29) is 11.9 Å². The number of carbonyl (C=O) groups excluding carboxylic acids is 1. The van der Waals surface area contributed by atoms with Crippen molar-refractivity contribution >= 4 is 33.2 Å². The summed E-state index contributed by atoms with van der Waals surface area (Å²) in [4.78, 5) is 13.4. The molecular formula is C24H18BrN3O3. The van der Waals surface area contributed by atoms with Gasteiger partial charge in [0.2, 0.25) is 0 Å². The van der Waals surface area contributed by atoms with E-state index < -0.39 is 5.72 Å². The first kappa shape index (κ1) is 18.4. The lowest BCUT2D eigenvalue weighted by Gasteiger charge is -2.44. The molecule has 3 aliphatic heterocycles. The molecule has 0 unspecified atom stereocenters. The summed E-state index contributed by atoms with van der Waals surface area (Å²) in [6.07, 6.45) is 0.672. The zero-order chi connectivity index (χ0) is 21.2. The summed E-state index contributed by atoms with van der Waals surface area (Å²) in [5.41, 5.74) is 3.06. The summed E-state index contributed by atoms with van der Waals surface area (Å²) in [6.45, 7) is 0.